The molecule has 1 heterocycles. The Labute approximate surface area is 132 Å². The molecule has 1 aliphatic rings. The number of carbonyl (C=O) groups is 2. The maximum Gasteiger partial charge on any atom is 0.280 e. The van der Waals surface area contributed by atoms with Crippen LogP contribution in [0, 0.1) is 6.92 Å². The van der Waals surface area contributed by atoms with Crippen LogP contribution in [0.1, 0.15) is 26.3 Å². The molecule has 0 atom stereocenters. The van der Waals surface area contributed by atoms with Crippen LogP contribution < -0.4 is 10.7 Å². The van der Waals surface area contributed by atoms with Crippen LogP contribution in [-0.2, 0) is 0 Å². The summed E-state index contributed by atoms with van der Waals surface area (Å²) in [4.78, 5) is 24.7. The summed E-state index contributed by atoms with van der Waals surface area (Å²) in [6, 6.07) is 14.5. The molecule has 0 saturated carbocycles. The number of hydrogen-bond acceptors (Lipinski definition) is 3. The van der Waals surface area contributed by atoms with E-state index >= 15 is 0 Å². The fraction of sp³-hybridized carbons (Fsp3) is 0.0625. The third kappa shape index (κ3) is 2.44. The van der Waals surface area contributed by atoms with Gasteiger partial charge in [-0.05, 0) is 42.9 Å². The zero-order valence-corrected chi connectivity index (χ0v) is 12.6. The molecule has 0 fully saturated rings. The normalized spacial score (nSPS) is 13.0. The lowest BCUT2D eigenvalue weighted by Crippen LogP contribution is -2.47. The zero-order chi connectivity index (χ0) is 15.7. The molecule has 0 aromatic heterocycles. The van der Waals surface area contributed by atoms with E-state index in [0.29, 0.717) is 11.1 Å². The predicted octanol–water partition coefficient (Wildman–Crippen LogP) is 2.49. The first kappa shape index (κ1) is 14.2. The second-order valence-electron chi connectivity index (χ2n) is 4.88. The largest absolute Gasteiger partial charge is 0.331 e. The lowest BCUT2D eigenvalue weighted by molar-refractivity contribution is 0.0613. The number of aryl methyl sites for hydroxylation is 1. The minimum Gasteiger partial charge on any atom is -0.331 e. The van der Waals surface area contributed by atoms with Crippen LogP contribution in [0.2, 0.25) is 0 Å². The summed E-state index contributed by atoms with van der Waals surface area (Å²) in [7, 11) is 0. The van der Waals surface area contributed by atoms with Gasteiger partial charge in [-0.15, -0.1) is 0 Å². The number of fused-ring (bicyclic) bond motifs is 1. The van der Waals surface area contributed by atoms with Crippen molar-refractivity contribution in [2.75, 3.05) is 5.32 Å². The molecular weight excluding hydrogens is 298 g/mol. The van der Waals surface area contributed by atoms with Gasteiger partial charge in [0.1, 0.15) is 0 Å². The number of imide groups is 1. The van der Waals surface area contributed by atoms with Crippen molar-refractivity contribution in [3.8, 4) is 0 Å². The first-order chi connectivity index (χ1) is 10.6. The summed E-state index contributed by atoms with van der Waals surface area (Å²) < 4.78 is 0. The SMILES string of the molecule is Cc1cccc2c1C(=O)N(NC(=S)Nc1ccccc1)C2=O. The average molecular weight is 311 g/mol. The van der Waals surface area contributed by atoms with E-state index in [1.165, 1.54) is 0 Å². The van der Waals surface area contributed by atoms with Gasteiger partial charge >= 0.3 is 0 Å². The number of hydrazine groups is 1. The predicted molar refractivity (Wildman–Crippen MR) is 87.5 cm³/mol. The van der Waals surface area contributed by atoms with Crippen molar-refractivity contribution >= 4 is 34.8 Å². The van der Waals surface area contributed by atoms with Gasteiger partial charge < -0.3 is 5.32 Å². The van der Waals surface area contributed by atoms with E-state index in [9.17, 15) is 9.59 Å². The highest BCUT2D eigenvalue weighted by Crippen LogP contribution is 2.24. The molecule has 2 amide bonds. The maximum atomic E-state index is 12.4. The number of benzene rings is 2. The Morgan fingerprint density at radius 2 is 1.73 bits per heavy atom. The highest BCUT2D eigenvalue weighted by molar-refractivity contribution is 7.80. The summed E-state index contributed by atoms with van der Waals surface area (Å²) in [6.45, 7) is 1.80. The summed E-state index contributed by atoms with van der Waals surface area (Å²) in [5.41, 5.74) is 5.00. The van der Waals surface area contributed by atoms with Gasteiger partial charge in [0, 0.05) is 5.69 Å². The number of amides is 2. The lowest BCUT2D eigenvalue weighted by Gasteiger charge is -2.18. The van der Waals surface area contributed by atoms with Crippen LogP contribution in [0.25, 0.3) is 0 Å². The molecule has 110 valence electrons. The molecule has 5 nitrogen and oxygen atoms in total. The summed E-state index contributed by atoms with van der Waals surface area (Å²) >= 11 is 5.15. The zero-order valence-electron chi connectivity index (χ0n) is 11.8. The first-order valence-corrected chi connectivity index (χ1v) is 7.10. The van der Waals surface area contributed by atoms with Crippen LogP contribution in [-0.4, -0.2) is 21.9 Å². The smallest absolute Gasteiger partial charge is 0.280 e. The van der Waals surface area contributed by atoms with Crippen LogP contribution in [0.4, 0.5) is 5.69 Å². The second-order valence-corrected chi connectivity index (χ2v) is 5.28. The van der Waals surface area contributed by atoms with Gasteiger partial charge in [0.2, 0.25) is 0 Å². The number of anilines is 1. The Morgan fingerprint density at radius 1 is 1.00 bits per heavy atom. The third-order valence-electron chi connectivity index (χ3n) is 3.37. The van der Waals surface area contributed by atoms with Crippen LogP contribution in [0.15, 0.2) is 48.5 Å². The van der Waals surface area contributed by atoms with Crippen molar-refractivity contribution in [1.82, 2.24) is 10.4 Å². The van der Waals surface area contributed by atoms with Gasteiger partial charge in [0.15, 0.2) is 5.11 Å². The molecule has 0 unspecified atom stereocenters. The number of rotatable bonds is 2. The lowest BCUT2D eigenvalue weighted by atomic mass is 10.0. The molecule has 0 radical (unpaired) electrons. The van der Waals surface area contributed by atoms with Crippen molar-refractivity contribution in [1.29, 1.82) is 0 Å². The monoisotopic (exact) mass is 311 g/mol. The number of para-hydroxylation sites is 1. The third-order valence-corrected chi connectivity index (χ3v) is 3.56. The highest BCUT2D eigenvalue weighted by Gasteiger charge is 2.37. The summed E-state index contributed by atoms with van der Waals surface area (Å²) in [5, 5.41) is 4.04. The minimum atomic E-state index is -0.402. The molecule has 0 bridgehead atoms. The fourth-order valence-corrected chi connectivity index (χ4v) is 2.55. The standard InChI is InChI=1S/C16H13N3O2S/c1-10-6-5-9-12-13(10)15(21)19(14(12)20)18-16(22)17-11-7-3-2-4-8-11/h2-9H,1H3,(H2,17,18,22). The molecule has 1 aliphatic heterocycles. The highest BCUT2D eigenvalue weighted by atomic mass is 32.1. The van der Waals surface area contributed by atoms with Crippen molar-refractivity contribution < 1.29 is 9.59 Å². The number of thiocarbonyl (C=S) groups is 1. The van der Waals surface area contributed by atoms with Gasteiger partial charge in [-0.1, -0.05) is 30.3 Å². The molecule has 0 spiro atoms. The van der Waals surface area contributed by atoms with E-state index in [1.54, 1.807) is 25.1 Å². The van der Waals surface area contributed by atoms with Crippen LogP contribution in [0.5, 0.6) is 0 Å². The van der Waals surface area contributed by atoms with Crippen molar-refractivity contribution in [2.24, 2.45) is 0 Å². The molecule has 22 heavy (non-hydrogen) atoms. The Morgan fingerprint density at radius 3 is 2.41 bits per heavy atom. The van der Waals surface area contributed by atoms with E-state index in [2.05, 4.69) is 10.7 Å². The number of nitrogens with one attached hydrogen (secondary N) is 2. The molecular formula is C16H13N3O2S. The second kappa shape index (κ2) is 5.57. The van der Waals surface area contributed by atoms with Gasteiger partial charge in [-0.25, -0.2) is 0 Å². The Hall–Kier alpha value is -2.73. The Balaban J connectivity index is 1.77. The van der Waals surface area contributed by atoms with Crippen LogP contribution >= 0.6 is 12.2 Å². The van der Waals surface area contributed by atoms with Crippen LogP contribution in [0.3, 0.4) is 0 Å². The van der Waals surface area contributed by atoms with Gasteiger partial charge in [0.05, 0.1) is 11.1 Å². The molecule has 0 saturated heterocycles. The minimum absolute atomic E-state index is 0.179. The van der Waals surface area contributed by atoms with E-state index in [0.717, 1.165) is 16.3 Å². The average Bonchev–Trinajstić information content (AvgIpc) is 2.74. The molecule has 2 aromatic carbocycles. The Kier molecular flexibility index (Phi) is 3.60. The summed E-state index contributed by atoms with van der Waals surface area (Å²) in [5.74, 6) is -0.795. The van der Waals surface area contributed by atoms with E-state index < -0.39 is 11.8 Å². The maximum absolute atomic E-state index is 12.4. The summed E-state index contributed by atoms with van der Waals surface area (Å²) in [6.07, 6.45) is 0. The first-order valence-electron chi connectivity index (χ1n) is 6.69. The Bertz CT molecular complexity index is 774. The van der Waals surface area contributed by atoms with Gasteiger partial charge in [-0.3, -0.25) is 15.0 Å². The number of carbonyl (C=O) groups excluding carboxylic acids is 2. The number of hydrogen-bond donors (Lipinski definition) is 2. The van der Waals surface area contributed by atoms with Gasteiger partial charge in [0.25, 0.3) is 11.8 Å². The molecule has 0 aliphatic carbocycles. The fourth-order valence-electron chi connectivity index (χ4n) is 2.34. The van der Waals surface area contributed by atoms with Crippen molar-refractivity contribution in [3.63, 3.8) is 0 Å². The molecule has 6 heteroatoms. The van der Waals surface area contributed by atoms with E-state index in [4.69, 9.17) is 12.2 Å². The quantitative estimate of drug-likeness (QED) is 0.659. The van der Waals surface area contributed by atoms with E-state index in [1.807, 2.05) is 30.3 Å². The topological polar surface area (TPSA) is 61.4 Å². The number of nitrogens with zero attached hydrogens (tertiary/aromatic N) is 1. The van der Waals surface area contributed by atoms with E-state index in [-0.39, 0.29) is 5.11 Å². The molecule has 2 N–H and O–H groups in total. The molecule has 3 rings (SSSR count). The molecule has 2 aromatic rings. The van der Waals surface area contributed by atoms with Gasteiger partial charge in [-0.2, -0.15) is 5.01 Å². The van der Waals surface area contributed by atoms with Crippen molar-refractivity contribution in [3.05, 3.63) is 65.2 Å². The van der Waals surface area contributed by atoms with Crippen molar-refractivity contribution in [2.45, 2.75) is 6.92 Å².